The number of hydrogen-bond acceptors (Lipinski definition) is 2. The SMILES string of the molecule is C=C/C=C(\C=C/CC=C)S(=O)(=O)O. The molecule has 0 unspecified atom stereocenters. The Morgan fingerprint density at radius 2 is 2.00 bits per heavy atom. The number of rotatable bonds is 5. The molecule has 0 atom stereocenters. The average Bonchev–Trinajstić information content (AvgIpc) is 2.01. The molecule has 0 aliphatic carbocycles. The summed E-state index contributed by atoms with van der Waals surface area (Å²) in [4.78, 5) is -0.177. The second-order valence-corrected chi connectivity index (χ2v) is 3.63. The lowest BCUT2D eigenvalue weighted by Crippen LogP contribution is -1.98. The molecule has 0 aliphatic heterocycles. The summed E-state index contributed by atoms with van der Waals surface area (Å²) in [5.41, 5.74) is 0. The van der Waals surface area contributed by atoms with E-state index in [0.717, 1.165) is 0 Å². The number of allylic oxidation sites excluding steroid dienone is 5. The zero-order valence-corrected chi connectivity index (χ0v) is 8.00. The molecule has 0 aromatic carbocycles. The summed E-state index contributed by atoms with van der Waals surface area (Å²) < 4.78 is 30.0. The van der Waals surface area contributed by atoms with Crippen molar-refractivity contribution in [3.05, 3.63) is 48.4 Å². The third-order valence-electron chi connectivity index (χ3n) is 1.16. The van der Waals surface area contributed by atoms with Gasteiger partial charge in [-0.2, -0.15) is 8.42 Å². The highest BCUT2D eigenvalue weighted by Gasteiger charge is 2.07. The van der Waals surface area contributed by atoms with Gasteiger partial charge in [-0.25, -0.2) is 0 Å². The summed E-state index contributed by atoms with van der Waals surface area (Å²) in [5, 5.41) is 0. The highest BCUT2D eigenvalue weighted by molar-refractivity contribution is 7.90. The van der Waals surface area contributed by atoms with Crippen molar-refractivity contribution in [1.29, 1.82) is 0 Å². The average molecular weight is 200 g/mol. The molecule has 0 aromatic rings. The van der Waals surface area contributed by atoms with E-state index in [9.17, 15) is 8.42 Å². The second kappa shape index (κ2) is 5.50. The van der Waals surface area contributed by atoms with Gasteiger partial charge in [0.15, 0.2) is 0 Å². The summed E-state index contributed by atoms with van der Waals surface area (Å²) in [6.45, 7) is 6.80. The van der Waals surface area contributed by atoms with Crippen molar-refractivity contribution in [3.8, 4) is 0 Å². The van der Waals surface area contributed by atoms with Gasteiger partial charge in [0, 0.05) is 0 Å². The van der Waals surface area contributed by atoms with Crippen molar-refractivity contribution in [2.75, 3.05) is 0 Å². The first-order valence-electron chi connectivity index (χ1n) is 3.60. The molecule has 1 N–H and O–H groups in total. The summed E-state index contributed by atoms with van der Waals surface area (Å²) in [7, 11) is -4.14. The molecule has 0 aromatic heterocycles. The van der Waals surface area contributed by atoms with Gasteiger partial charge in [-0.05, 0) is 18.6 Å². The molecule has 0 rings (SSSR count). The normalized spacial score (nSPS) is 13.2. The molecule has 0 saturated heterocycles. The van der Waals surface area contributed by atoms with Crippen LogP contribution in [0.5, 0.6) is 0 Å². The molecule has 3 nitrogen and oxygen atoms in total. The van der Waals surface area contributed by atoms with Crippen LogP contribution < -0.4 is 0 Å². The van der Waals surface area contributed by atoms with Gasteiger partial charge in [-0.3, -0.25) is 4.55 Å². The van der Waals surface area contributed by atoms with Crippen LogP contribution in [0.15, 0.2) is 48.4 Å². The molecular weight excluding hydrogens is 188 g/mol. The topological polar surface area (TPSA) is 54.4 Å². The van der Waals surface area contributed by atoms with Gasteiger partial charge in [0.2, 0.25) is 0 Å². The van der Waals surface area contributed by atoms with Crippen molar-refractivity contribution in [3.63, 3.8) is 0 Å². The van der Waals surface area contributed by atoms with Crippen LogP contribution in [0.1, 0.15) is 6.42 Å². The predicted octanol–water partition coefficient (Wildman–Crippen LogP) is 2.08. The molecule has 0 spiro atoms. The van der Waals surface area contributed by atoms with Crippen LogP contribution >= 0.6 is 0 Å². The molecule has 13 heavy (non-hydrogen) atoms. The Hall–Kier alpha value is -1.13. The lowest BCUT2D eigenvalue weighted by atomic mass is 10.3. The molecule has 0 radical (unpaired) electrons. The van der Waals surface area contributed by atoms with Crippen molar-refractivity contribution < 1.29 is 13.0 Å². The minimum absolute atomic E-state index is 0.177. The zero-order valence-electron chi connectivity index (χ0n) is 7.18. The Bertz CT molecular complexity index is 334. The number of hydrogen-bond donors (Lipinski definition) is 1. The summed E-state index contributed by atoms with van der Waals surface area (Å²) in [6, 6.07) is 0. The van der Waals surface area contributed by atoms with E-state index in [4.69, 9.17) is 4.55 Å². The third kappa shape index (κ3) is 5.16. The van der Waals surface area contributed by atoms with E-state index in [-0.39, 0.29) is 4.91 Å². The smallest absolute Gasteiger partial charge is 0.282 e. The molecule has 0 heterocycles. The van der Waals surface area contributed by atoms with Crippen molar-refractivity contribution in [2.24, 2.45) is 0 Å². The van der Waals surface area contributed by atoms with Crippen LogP contribution in [0.3, 0.4) is 0 Å². The van der Waals surface area contributed by atoms with E-state index in [0.29, 0.717) is 6.42 Å². The molecule has 72 valence electrons. The summed E-state index contributed by atoms with van der Waals surface area (Å²) in [6.07, 6.45) is 7.56. The van der Waals surface area contributed by atoms with Crippen molar-refractivity contribution in [1.82, 2.24) is 0 Å². The van der Waals surface area contributed by atoms with Crippen LogP contribution in [0.2, 0.25) is 0 Å². The lowest BCUT2D eigenvalue weighted by molar-refractivity contribution is 0.492. The second-order valence-electron chi connectivity index (χ2n) is 2.21. The monoisotopic (exact) mass is 200 g/mol. The zero-order chi connectivity index (χ0) is 10.3. The van der Waals surface area contributed by atoms with Gasteiger partial charge in [0.05, 0.1) is 4.91 Å². The Labute approximate surface area is 78.5 Å². The summed E-state index contributed by atoms with van der Waals surface area (Å²) in [5.74, 6) is 0. The van der Waals surface area contributed by atoms with E-state index in [1.807, 2.05) is 0 Å². The van der Waals surface area contributed by atoms with Crippen molar-refractivity contribution >= 4 is 10.1 Å². The standard InChI is InChI=1S/C9H12O3S/c1-3-5-6-8-9(7-4-2)13(10,11)12/h3-4,6-8H,1-2,5H2,(H,10,11,12)/b8-6-,9-7+. The van der Waals surface area contributed by atoms with Gasteiger partial charge in [-0.15, -0.1) is 6.58 Å². The highest BCUT2D eigenvalue weighted by atomic mass is 32.2. The Morgan fingerprint density at radius 3 is 2.38 bits per heavy atom. The van der Waals surface area contributed by atoms with E-state index in [2.05, 4.69) is 13.2 Å². The molecule has 0 amide bonds. The fourth-order valence-electron chi connectivity index (χ4n) is 0.624. The Balaban J connectivity index is 4.76. The van der Waals surface area contributed by atoms with E-state index < -0.39 is 10.1 Å². The lowest BCUT2D eigenvalue weighted by Gasteiger charge is -1.94. The Kier molecular flexibility index (Phi) is 5.03. The summed E-state index contributed by atoms with van der Waals surface area (Å²) >= 11 is 0. The van der Waals surface area contributed by atoms with Crippen LogP contribution in [0, 0.1) is 0 Å². The van der Waals surface area contributed by atoms with Gasteiger partial charge >= 0.3 is 0 Å². The largest absolute Gasteiger partial charge is 0.294 e. The van der Waals surface area contributed by atoms with Gasteiger partial charge in [-0.1, -0.05) is 24.8 Å². The highest BCUT2D eigenvalue weighted by Crippen LogP contribution is 2.06. The van der Waals surface area contributed by atoms with E-state index in [1.54, 1.807) is 12.2 Å². The van der Waals surface area contributed by atoms with E-state index in [1.165, 1.54) is 18.2 Å². The molecule has 4 heteroatoms. The van der Waals surface area contributed by atoms with Gasteiger partial charge in [0.25, 0.3) is 10.1 Å². The molecule has 0 fully saturated rings. The van der Waals surface area contributed by atoms with E-state index >= 15 is 0 Å². The fraction of sp³-hybridized carbons (Fsp3) is 0.111. The molecule has 0 aliphatic rings. The first-order valence-corrected chi connectivity index (χ1v) is 5.04. The molecular formula is C9H12O3S. The van der Waals surface area contributed by atoms with Crippen LogP contribution in [-0.4, -0.2) is 13.0 Å². The first kappa shape index (κ1) is 11.9. The maximum Gasteiger partial charge on any atom is 0.294 e. The quantitative estimate of drug-likeness (QED) is 0.420. The van der Waals surface area contributed by atoms with Crippen molar-refractivity contribution in [2.45, 2.75) is 6.42 Å². The minimum atomic E-state index is -4.14. The molecule has 0 bridgehead atoms. The van der Waals surface area contributed by atoms with Crippen LogP contribution in [0.25, 0.3) is 0 Å². The predicted molar refractivity (Wildman–Crippen MR) is 53.8 cm³/mol. The van der Waals surface area contributed by atoms with Gasteiger partial charge < -0.3 is 0 Å². The molecule has 0 saturated carbocycles. The third-order valence-corrected chi connectivity index (χ3v) is 2.03. The maximum atomic E-state index is 10.7. The Morgan fingerprint density at radius 1 is 1.38 bits per heavy atom. The fourth-order valence-corrected chi connectivity index (χ4v) is 1.16. The van der Waals surface area contributed by atoms with Crippen LogP contribution in [0.4, 0.5) is 0 Å². The minimum Gasteiger partial charge on any atom is -0.282 e. The first-order chi connectivity index (χ1) is 6.02. The van der Waals surface area contributed by atoms with Crippen LogP contribution in [-0.2, 0) is 10.1 Å². The maximum absolute atomic E-state index is 10.7. The van der Waals surface area contributed by atoms with Gasteiger partial charge in [0.1, 0.15) is 0 Å².